The minimum Gasteiger partial charge on any atom is -0.355 e. The molecule has 3 rings (SSSR count). The molecule has 0 unspecified atom stereocenters. The Labute approximate surface area is 156 Å². The number of hydrogen-bond acceptors (Lipinski definition) is 3. The van der Waals surface area contributed by atoms with Crippen LogP contribution in [-0.2, 0) is 16.0 Å². The Balaban J connectivity index is 1.41. The first-order valence-corrected chi connectivity index (χ1v) is 9.89. The highest BCUT2D eigenvalue weighted by atomic mass is 16.2. The van der Waals surface area contributed by atoms with Crippen LogP contribution in [0.25, 0.3) is 0 Å². The molecule has 0 spiro atoms. The molecule has 2 fully saturated rings. The fourth-order valence-electron chi connectivity index (χ4n) is 3.98. The molecule has 5 nitrogen and oxygen atoms in total. The van der Waals surface area contributed by atoms with Crippen molar-refractivity contribution in [2.45, 2.75) is 39.5 Å². The van der Waals surface area contributed by atoms with E-state index < -0.39 is 0 Å². The number of nitrogens with one attached hydrogen (secondary N) is 1. The maximum Gasteiger partial charge on any atom is 0.227 e. The van der Waals surface area contributed by atoms with Gasteiger partial charge < -0.3 is 15.1 Å². The van der Waals surface area contributed by atoms with Gasteiger partial charge in [0.15, 0.2) is 0 Å². The van der Waals surface area contributed by atoms with Crippen LogP contribution in [0.2, 0.25) is 0 Å². The second-order valence-corrected chi connectivity index (χ2v) is 8.10. The fraction of sp³-hybridized carbons (Fsp3) is 0.619. The summed E-state index contributed by atoms with van der Waals surface area (Å²) in [6.07, 6.45) is 3.14. The van der Waals surface area contributed by atoms with E-state index in [1.807, 2.05) is 29.2 Å². The van der Waals surface area contributed by atoms with Crippen molar-refractivity contribution in [1.29, 1.82) is 0 Å². The number of anilines is 1. The molecule has 1 aromatic carbocycles. The molecule has 2 amide bonds. The van der Waals surface area contributed by atoms with Gasteiger partial charge in [-0.3, -0.25) is 9.59 Å². The zero-order chi connectivity index (χ0) is 18.5. The highest BCUT2D eigenvalue weighted by Gasteiger charge is 2.23. The van der Waals surface area contributed by atoms with E-state index in [1.165, 1.54) is 6.42 Å². The Morgan fingerprint density at radius 1 is 1.23 bits per heavy atom. The molecule has 142 valence electrons. The minimum absolute atomic E-state index is 0.0808. The molecule has 2 aliphatic rings. The van der Waals surface area contributed by atoms with Gasteiger partial charge in [0, 0.05) is 38.3 Å². The summed E-state index contributed by atoms with van der Waals surface area (Å²) in [6.45, 7) is 9.46. The van der Waals surface area contributed by atoms with Crippen molar-refractivity contribution in [3.05, 3.63) is 29.8 Å². The van der Waals surface area contributed by atoms with E-state index in [0.717, 1.165) is 50.4 Å². The van der Waals surface area contributed by atoms with Crippen LogP contribution in [-0.4, -0.2) is 49.4 Å². The van der Waals surface area contributed by atoms with Crippen LogP contribution in [0.5, 0.6) is 0 Å². The van der Waals surface area contributed by atoms with Crippen molar-refractivity contribution in [3.63, 3.8) is 0 Å². The van der Waals surface area contributed by atoms with Gasteiger partial charge in [0.1, 0.15) is 0 Å². The van der Waals surface area contributed by atoms with Crippen LogP contribution in [0.3, 0.4) is 0 Å². The van der Waals surface area contributed by atoms with Crippen LogP contribution in [0.4, 0.5) is 5.69 Å². The molecule has 0 bridgehead atoms. The van der Waals surface area contributed by atoms with Crippen molar-refractivity contribution < 1.29 is 9.59 Å². The molecule has 2 aliphatic heterocycles. The van der Waals surface area contributed by atoms with Gasteiger partial charge in [-0.15, -0.1) is 0 Å². The molecule has 2 saturated heterocycles. The number of rotatable bonds is 7. The molecule has 0 aromatic heterocycles. The largest absolute Gasteiger partial charge is 0.355 e. The molecule has 5 heteroatoms. The smallest absolute Gasteiger partial charge is 0.227 e. The lowest BCUT2D eigenvalue weighted by Crippen LogP contribution is -2.32. The Morgan fingerprint density at radius 3 is 2.65 bits per heavy atom. The molecular weight excluding hydrogens is 326 g/mol. The molecule has 1 N–H and O–H groups in total. The minimum atomic E-state index is 0.0808. The second kappa shape index (κ2) is 8.67. The van der Waals surface area contributed by atoms with Gasteiger partial charge in [-0.2, -0.15) is 0 Å². The number of carbonyl (C=O) groups excluding carboxylic acids is 2. The SMILES string of the molecule is CC(C)CN1CC[C@H](CNC(=O)Cc2ccc(N3CCCC3=O)cc2)C1. The Morgan fingerprint density at radius 2 is 2.00 bits per heavy atom. The fourth-order valence-corrected chi connectivity index (χ4v) is 3.98. The Kier molecular flexibility index (Phi) is 6.30. The number of carbonyl (C=O) groups is 2. The third-order valence-corrected chi connectivity index (χ3v) is 5.27. The van der Waals surface area contributed by atoms with Gasteiger partial charge in [0.25, 0.3) is 0 Å². The van der Waals surface area contributed by atoms with Gasteiger partial charge in [-0.25, -0.2) is 0 Å². The highest BCUT2D eigenvalue weighted by molar-refractivity contribution is 5.95. The Bertz CT molecular complexity index is 627. The van der Waals surface area contributed by atoms with Gasteiger partial charge in [0.2, 0.25) is 11.8 Å². The van der Waals surface area contributed by atoms with Crippen LogP contribution < -0.4 is 10.2 Å². The summed E-state index contributed by atoms with van der Waals surface area (Å²) in [5.41, 5.74) is 1.93. The monoisotopic (exact) mass is 357 g/mol. The molecule has 0 saturated carbocycles. The Hall–Kier alpha value is -1.88. The summed E-state index contributed by atoms with van der Waals surface area (Å²) in [5.74, 6) is 1.54. The quantitative estimate of drug-likeness (QED) is 0.815. The van der Waals surface area contributed by atoms with Crippen molar-refractivity contribution >= 4 is 17.5 Å². The van der Waals surface area contributed by atoms with Gasteiger partial charge >= 0.3 is 0 Å². The first-order valence-electron chi connectivity index (χ1n) is 9.89. The van der Waals surface area contributed by atoms with E-state index in [0.29, 0.717) is 24.7 Å². The summed E-state index contributed by atoms with van der Waals surface area (Å²) >= 11 is 0. The lowest BCUT2D eigenvalue weighted by Gasteiger charge is -2.18. The lowest BCUT2D eigenvalue weighted by atomic mass is 10.1. The van der Waals surface area contributed by atoms with Gasteiger partial charge in [0.05, 0.1) is 6.42 Å². The van der Waals surface area contributed by atoms with E-state index in [-0.39, 0.29) is 11.8 Å². The summed E-state index contributed by atoms with van der Waals surface area (Å²) in [4.78, 5) is 28.3. The second-order valence-electron chi connectivity index (χ2n) is 8.10. The first-order chi connectivity index (χ1) is 12.5. The average molecular weight is 357 g/mol. The average Bonchev–Trinajstić information content (AvgIpc) is 3.22. The summed E-state index contributed by atoms with van der Waals surface area (Å²) in [5, 5.41) is 3.09. The van der Waals surface area contributed by atoms with Crippen LogP contribution in [0.1, 0.15) is 38.7 Å². The zero-order valence-corrected chi connectivity index (χ0v) is 16.0. The van der Waals surface area contributed by atoms with E-state index >= 15 is 0 Å². The van der Waals surface area contributed by atoms with E-state index in [1.54, 1.807) is 0 Å². The van der Waals surface area contributed by atoms with Crippen LogP contribution in [0.15, 0.2) is 24.3 Å². The van der Waals surface area contributed by atoms with E-state index in [4.69, 9.17) is 0 Å². The summed E-state index contributed by atoms with van der Waals surface area (Å²) in [6, 6.07) is 7.82. The predicted octanol–water partition coefficient (Wildman–Crippen LogP) is 2.45. The maximum atomic E-state index is 12.2. The highest BCUT2D eigenvalue weighted by Crippen LogP contribution is 2.22. The third kappa shape index (κ3) is 5.07. The topological polar surface area (TPSA) is 52.7 Å². The number of hydrogen-bond donors (Lipinski definition) is 1. The summed E-state index contributed by atoms with van der Waals surface area (Å²) < 4.78 is 0. The first kappa shape index (κ1) is 18.9. The lowest BCUT2D eigenvalue weighted by molar-refractivity contribution is -0.120. The van der Waals surface area contributed by atoms with Crippen molar-refractivity contribution in [1.82, 2.24) is 10.2 Å². The van der Waals surface area contributed by atoms with Gasteiger partial charge in [-0.05, 0) is 48.9 Å². The predicted molar refractivity (Wildman–Crippen MR) is 104 cm³/mol. The number of nitrogens with zero attached hydrogens (tertiary/aromatic N) is 2. The molecule has 2 heterocycles. The standard InChI is InChI=1S/C21H31N3O2/c1-16(2)14-23-11-9-18(15-23)13-22-20(25)12-17-5-7-19(8-6-17)24-10-3-4-21(24)26/h5-8,16,18H,3-4,9-15H2,1-2H3,(H,22,25)/t18-/m1/s1. The number of amides is 2. The van der Waals surface area contributed by atoms with E-state index in [2.05, 4.69) is 24.1 Å². The number of likely N-dealkylation sites (tertiary alicyclic amines) is 1. The van der Waals surface area contributed by atoms with Gasteiger partial charge in [-0.1, -0.05) is 26.0 Å². The number of benzene rings is 1. The van der Waals surface area contributed by atoms with Crippen molar-refractivity contribution in [2.75, 3.05) is 37.6 Å². The zero-order valence-electron chi connectivity index (χ0n) is 16.0. The molecule has 1 atom stereocenters. The molecule has 1 aromatic rings. The third-order valence-electron chi connectivity index (χ3n) is 5.27. The maximum absolute atomic E-state index is 12.2. The molecular formula is C21H31N3O2. The van der Waals surface area contributed by atoms with Crippen LogP contribution >= 0.6 is 0 Å². The van der Waals surface area contributed by atoms with Crippen molar-refractivity contribution in [2.24, 2.45) is 11.8 Å². The van der Waals surface area contributed by atoms with Crippen LogP contribution in [0, 0.1) is 11.8 Å². The normalized spacial score (nSPS) is 21.0. The molecule has 26 heavy (non-hydrogen) atoms. The summed E-state index contributed by atoms with van der Waals surface area (Å²) in [7, 11) is 0. The molecule has 0 aliphatic carbocycles. The van der Waals surface area contributed by atoms with E-state index in [9.17, 15) is 9.59 Å². The molecule has 0 radical (unpaired) electrons. The van der Waals surface area contributed by atoms with Crippen molar-refractivity contribution in [3.8, 4) is 0 Å².